The Morgan fingerprint density at radius 2 is 0.800 bits per heavy atom. The van der Waals surface area contributed by atoms with E-state index in [9.17, 15) is 0 Å². The highest BCUT2D eigenvalue weighted by atomic mass is 32.3. The molecular weight excluding hydrogens is 176 g/mol. The van der Waals surface area contributed by atoms with Crippen LogP contribution in [0.3, 0.4) is 0 Å². The van der Waals surface area contributed by atoms with Crippen molar-refractivity contribution in [2.75, 3.05) is 23.0 Å². The van der Waals surface area contributed by atoms with E-state index in [2.05, 4.69) is 0 Å². The predicted octanol–water partition coefficient (Wildman–Crippen LogP) is 1.50. The topological polar surface area (TPSA) is 80.9 Å². The third-order valence-electron chi connectivity index (χ3n) is 1.47. The second-order valence-electron chi connectivity index (χ2n) is 2.42. The van der Waals surface area contributed by atoms with E-state index in [-0.39, 0.29) is 23.0 Å². The van der Waals surface area contributed by atoms with Gasteiger partial charge in [0.25, 0.3) is 0 Å². The van der Waals surface area contributed by atoms with E-state index in [1.165, 1.54) is 0 Å². The van der Waals surface area contributed by atoms with Gasteiger partial charge in [-0.25, -0.2) is 0 Å². The smallest absolute Gasteiger partial charge is 0.0549 e. The normalized spacial score (nSPS) is 36.4. The Kier molecular flexibility index (Phi) is 2.20. The molecule has 4 nitrogen and oxygen atoms in total. The summed E-state index contributed by atoms with van der Waals surface area (Å²) in [6.07, 6.45) is 0. The standard InChI is InChI=1S/C4H12O4S2/c5-9(6)1-2-10(7,8)4-3-9/h5-8H,1-4H2. The summed E-state index contributed by atoms with van der Waals surface area (Å²) in [5.74, 6) is 0.593. The summed E-state index contributed by atoms with van der Waals surface area (Å²) in [6, 6.07) is 0. The fourth-order valence-electron chi connectivity index (χ4n) is 0.738. The molecule has 0 aliphatic carbocycles. The van der Waals surface area contributed by atoms with Crippen molar-refractivity contribution in [3.8, 4) is 0 Å². The van der Waals surface area contributed by atoms with E-state index >= 15 is 0 Å². The molecule has 1 rings (SSSR count). The maximum absolute atomic E-state index is 9.04. The zero-order valence-electron chi connectivity index (χ0n) is 5.43. The number of hydrogen-bond acceptors (Lipinski definition) is 4. The summed E-state index contributed by atoms with van der Waals surface area (Å²) in [5.41, 5.74) is 0. The first-order valence-corrected chi connectivity index (χ1v) is 6.65. The highest BCUT2D eigenvalue weighted by Crippen LogP contribution is 2.53. The first-order valence-electron chi connectivity index (χ1n) is 2.88. The molecule has 1 saturated heterocycles. The van der Waals surface area contributed by atoms with E-state index in [0.717, 1.165) is 0 Å². The Bertz CT molecular complexity index is 107. The minimum Gasteiger partial charge on any atom is -0.299 e. The molecule has 1 aliphatic heterocycles. The van der Waals surface area contributed by atoms with Gasteiger partial charge in [0, 0.05) is 0 Å². The minimum absolute atomic E-state index is 0.148. The van der Waals surface area contributed by atoms with E-state index in [0.29, 0.717) is 0 Å². The zero-order valence-corrected chi connectivity index (χ0v) is 7.07. The molecule has 0 atom stereocenters. The fraction of sp³-hybridized carbons (Fsp3) is 1.00. The first-order chi connectivity index (χ1) is 4.41. The summed E-state index contributed by atoms with van der Waals surface area (Å²) < 4.78 is 36.1. The van der Waals surface area contributed by atoms with Crippen molar-refractivity contribution < 1.29 is 18.2 Å². The average molecular weight is 188 g/mol. The molecule has 0 aromatic rings. The van der Waals surface area contributed by atoms with Crippen molar-refractivity contribution in [2.24, 2.45) is 0 Å². The van der Waals surface area contributed by atoms with Crippen LogP contribution in [0.2, 0.25) is 0 Å². The molecule has 0 radical (unpaired) electrons. The lowest BCUT2D eigenvalue weighted by molar-refractivity contribution is 0.465. The van der Waals surface area contributed by atoms with Crippen LogP contribution in [0, 0.1) is 0 Å². The Labute approximate surface area is 63.0 Å². The van der Waals surface area contributed by atoms with Gasteiger partial charge >= 0.3 is 0 Å². The van der Waals surface area contributed by atoms with Crippen molar-refractivity contribution in [3.63, 3.8) is 0 Å². The minimum atomic E-state index is -2.45. The quantitative estimate of drug-likeness (QED) is 0.464. The molecule has 0 unspecified atom stereocenters. The largest absolute Gasteiger partial charge is 0.299 e. The molecule has 64 valence electrons. The summed E-state index contributed by atoms with van der Waals surface area (Å²) in [4.78, 5) is 0. The molecule has 10 heavy (non-hydrogen) atoms. The van der Waals surface area contributed by atoms with Crippen LogP contribution in [0.4, 0.5) is 0 Å². The summed E-state index contributed by atoms with van der Waals surface area (Å²) >= 11 is 0. The fourth-order valence-corrected chi connectivity index (χ4v) is 5.42. The predicted molar refractivity (Wildman–Crippen MR) is 45.2 cm³/mol. The van der Waals surface area contributed by atoms with Crippen molar-refractivity contribution in [1.29, 1.82) is 0 Å². The van der Waals surface area contributed by atoms with Gasteiger partial charge in [0.1, 0.15) is 0 Å². The van der Waals surface area contributed by atoms with Gasteiger partial charge in [0.15, 0.2) is 0 Å². The van der Waals surface area contributed by atoms with Crippen LogP contribution < -0.4 is 0 Å². The van der Waals surface area contributed by atoms with E-state index in [4.69, 9.17) is 18.2 Å². The van der Waals surface area contributed by atoms with E-state index in [1.807, 2.05) is 0 Å². The lowest BCUT2D eigenvalue weighted by atomic mass is 10.9. The van der Waals surface area contributed by atoms with Crippen LogP contribution >= 0.6 is 21.2 Å². The molecule has 6 heteroatoms. The average Bonchev–Trinajstić information content (AvgIpc) is 1.79. The summed E-state index contributed by atoms with van der Waals surface area (Å²) in [6.45, 7) is 0. The van der Waals surface area contributed by atoms with Gasteiger partial charge in [-0.15, -0.1) is 0 Å². The molecule has 1 aliphatic rings. The van der Waals surface area contributed by atoms with Crippen LogP contribution in [-0.2, 0) is 0 Å². The molecule has 0 spiro atoms. The monoisotopic (exact) mass is 188 g/mol. The number of rotatable bonds is 0. The molecule has 0 saturated carbocycles. The molecule has 1 heterocycles. The van der Waals surface area contributed by atoms with E-state index < -0.39 is 21.2 Å². The van der Waals surface area contributed by atoms with Crippen LogP contribution in [0.25, 0.3) is 0 Å². The highest BCUT2D eigenvalue weighted by Gasteiger charge is 2.26. The Balaban J connectivity index is 2.46. The zero-order chi connectivity index (χ0) is 7.83. The maximum Gasteiger partial charge on any atom is 0.0549 e. The van der Waals surface area contributed by atoms with Crippen LogP contribution in [0.5, 0.6) is 0 Å². The van der Waals surface area contributed by atoms with Gasteiger partial charge in [0.05, 0.1) is 23.0 Å². The Morgan fingerprint density at radius 1 is 0.600 bits per heavy atom. The van der Waals surface area contributed by atoms with E-state index in [1.54, 1.807) is 0 Å². The van der Waals surface area contributed by atoms with Crippen molar-refractivity contribution in [2.45, 2.75) is 0 Å². The number of hydrogen-bond donors (Lipinski definition) is 4. The van der Waals surface area contributed by atoms with Crippen molar-refractivity contribution in [1.82, 2.24) is 0 Å². The molecule has 1 fully saturated rings. The molecular formula is C4H12O4S2. The third kappa shape index (κ3) is 2.30. The second-order valence-corrected chi connectivity index (χ2v) is 7.26. The van der Waals surface area contributed by atoms with Gasteiger partial charge in [-0.2, -0.15) is 21.2 Å². The van der Waals surface area contributed by atoms with Crippen LogP contribution in [0.1, 0.15) is 0 Å². The van der Waals surface area contributed by atoms with Crippen LogP contribution in [0.15, 0.2) is 0 Å². The Morgan fingerprint density at radius 3 is 1.00 bits per heavy atom. The van der Waals surface area contributed by atoms with Gasteiger partial charge in [0.2, 0.25) is 0 Å². The lowest BCUT2D eigenvalue weighted by Crippen LogP contribution is -2.26. The SMILES string of the molecule is OS1(O)CCS(O)(O)CC1. The summed E-state index contributed by atoms with van der Waals surface area (Å²) in [7, 11) is -4.91. The molecule has 4 N–H and O–H groups in total. The van der Waals surface area contributed by atoms with Crippen LogP contribution in [-0.4, -0.2) is 41.2 Å². The van der Waals surface area contributed by atoms with Gasteiger partial charge in [-0.1, -0.05) is 0 Å². The maximum atomic E-state index is 9.04. The second kappa shape index (κ2) is 2.54. The van der Waals surface area contributed by atoms with Gasteiger partial charge < -0.3 is 0 Å². The van der Waals surface area contributed by atoms with Crippen molar-refractivity contribution in [3.05, 3.63) is 0 Å². The van der Waals surface area contributed by atoms with Crippen molar-refractivity contribution >= 4 is 21.2 Å². The first kappa shape index (κ1) is 8.63. The third-order valence-corrected chi connectivity index (χ3v) is 5.42. The Hall–Kier alpha value is 0.540. The molecule has 0 amide bonds. The molecule has 0 aromatic heterocycles. The van der Waals surface area contributed by atoms with Gasteiger partial charge in [-0.3, -0.25) is 18.2 Å². The molecule has 0 aromatic carbocycles. The van der Waals surface area contributed by atoms with Gasteiger partial charge in [-0.05, 0) is 0 Å². The highest BCUT2D eigenvalue weighted by molar-refractivity contribution is 8.30. The molecule has 0 bridgehead atoms. The summed E-state index contributed by atoms with van der Waals surface area (Å²) in [5, 5.41) is 0. The lowest BCUT2D eigenvalue weighted by Gasteiger charge is -2.45.